The van der Waals surface area contributed by atoms with E-state index < -0.39 is 11.6 Å². The van der Waals surface area contributed by atoms with E-state index in [-0.39, 0.29) is 35.5 Å². The van der Waals surface area contributed by atoms with Crippen molar-refractivity contribution in [3.05, 3.63) is 240 Å². The number of benzene rings is 8. The van der Waals surface area contributed by atoms with Crippen LogP contribution in [-0.4, -0.2) is 13.7 Å². The van der Waals surface area contributed by atoms with Crippen molar-refractivity contribution >= 4 is 65.4 Å². The monoisotopic (exact) mass is 855 g/mol. The molecule has 8 aromatic carbocycles. The van der Waals surface area contributed by atoms with Gasteiger partial charge in [-0.3, -0.25) is 14.4 Å². The first-order valence-electron chi connectivity index (χ1n) is 21.2. The summed E-state index contributed by atoms with van der Waals surface area (Å²) in [4.78, 5) is 40.0. The lowest BCUT2D eigenvalue weighted by atomic mass is 9.70. The van der Waals surface area contributed by atoms with E-state index in [0.717, 1.165) is 27.5 Å². The van der Waals surface area contributed by atoms with Gasteiger partial charge in [0.15, 0.2) is 16.3 Å². The molecule has 318 valence electrons. The molecular formula is C57H43F2N3O3. The number of fused-ring (bicyclic) bond motifs is 8. The lowest BCUT2D eigenvalue weighted by molar-refractivity contribution is 0.628. The summed E-state index contributed by atoms with van der Waals surface area (Å²) >= 11 is 0. The third kappa shape index (κ3) is 6.39. The van der Waals surface area contributed by atoms with Crippen LogP contribution in [0.4, 0.5) is 8.78 Å². The van der Waals surface area contributed by atoms with Crippen molar-refractivity contribution < 1.29 is 8.78 Å². The molecule has 0 fully saturated rings. The zero-order chi connectivity index (χ0) is 44.0. The molecule has 2 unspecified atom stereocenters. The van der Waals surface area contributed by atoms with Crippen LogP contribution in [-0.2, 0) is 14.1 Å². The Labute approximate surface area is 372 Å². The fourth-order valence-corrected chi connectivity index (χ4v) is 10.1. The van der Waals surface area contributed by atoms with E-state index >= 15 is 0 Å². The van der Waals surface area contributed by atoms with E-state index in [1.807, 2.05) is 30.3 Å². The molecule has 0 saturated carbocycles. The quantitative estimate of drug-likeness (QED) is 0.163. The van der Waals surface area contributed by atoms with Crippen LogP contribution in [0.1, 0.15) is 54.0 Å². The maximum absolute atomic E-state index is 13.9. The molecule has 0 aliphatic heterocycles. The number of hydrogen-bond acceptors (Lipinski definition) is 3. The first kappa shape index (κ1) is 41.1. The van der Waals surface area contributed by atoms with Crippen LogP contribution < -0.4 is 16.3 Å². The zero-order valence-corrected chi connectivity index (χ0v) is 35.1. The molecule has 3 aromatic heterocycles. The highest BCUT2D eigenvalue weighted by molar-refractivity contribution is 6.04. The van der Waals surface area contributed by atoms with Crippen molar-refractivity contribution in [3.8, 4) is 5.69 Å². The van der Waals surface area contributed by atoms with Crippen molar-refractivity contribution in [3.63, 3.8) is 0 Å². The molecule has 1 aliphatic rings. The van der Waals surface area contributed by atoms with Gasteiger partial charge in [-0.2, -0.15) is 0 Å². The minimum Gasteiger partial charge on any atom is -0.343 e. The van der Waals surface area contributed by atoms with E-state index in [2.05, 4.69) is 102 Å². The van der Waals surface area contributed by atoms with Gasteiger partial charge in [0.25, 0.3) is 0 Å². The summed E-state index contributed by atoms with van der Waals surface area (Å²) in [6, 6.07) is 53.6. The fourth-order valence-electron chi connectivity index (χ4n) is 10.1. The number of halogens is 2. The topological polar surface area (TPSA) is 66.0 Å². The van der Waals surface area contributed by atoms with Crippen LogP contribution in [0.15, 0.2) is 184 Å². The molecule has 3 heterocycles. The molecule has 8 heteroatoms. The second-order valence-corrected chi connectivity index (χ2v) is 16.7. The summed E-state index contributed by atoms with van der Waals surface area (Å²) in [6.07, 6.45) is 0. The average Bonchev–Trinajstić information content (AvgIpc) is 3.33. The molecule has 11 aromatic rings. The largest absolute Gasteiger partial charge is 0.343 e. The number of aryl methyl sites for hydroxylation is 2. The van der Waals surface area contributed by atoms with Crippen LogP contribution >= 0.6 is 0 Å². The molecule has 0 amide bonds. The molecular weight excluding hydrogens is 813 g/mol. The van der Waals surface area contributed by atoms with E-state index in [1.165, 1.54) is 64.2 Å². The number of pyridine rings is 3. The maximum Gasteiger partial charge on any atom is 0.197 e. The van der Waals surface area contributed by atoms with Crippen LogP contribution in [0.3, 0.4) is 0 Å². The molecule has 0 saturated heterocycles. The lowest BCUT2D eigenvalue weighted by Gasteiger charge is -2.34. The summed E-state index contributed by atoms with van der Waals surface area (Å²) in [5, 5.41) is 3.14. The summed E-state index contributed by atoms with van der Waals surface area (Å²) in [6.45, 7) is 2.29. The van der Waals surface area contributed by atoms with Crippen LogP contribution in [0.2, 0.25) is 0 Å². The predicted octanol–water partition coefficient (Wildman–Crippen LogP) is 12.4. The summed E-state index contributed by atoms with van der Waals surface area (Å²) in [7, 11) is 3.46. The van der Waals surface area contributed by atoms with Crippen molar-refractivity contribution in [2.45, 2.75) is 26.2 Å². The number of aromatic nitrogens is 3. The number of rotatable bonds is 2. The fraction of sp³-hybridized carbons (Fsp3) is 0.105. The highest BCUT2D eigenvalue weighted by Crippen LogP contribution is 2.47. The lowest BCUT2D eigenvalue weighted by Crippen LogP contribution is -2.19. The Hall–Kier alpha value is -7.97. The van der Waals surface area contributed by atoms with E-state index in [0.29, 0.717) is 43.6 Å². The van der Waals surface area contributed by atoms with Gasteiger partial charge in [0.2, 0.25) is 0 Å². The van der Waals surface area contributed by atoms with Gasteiger partial charge in [-0.05, 0) is 113 Å². The third-order valence-electron chi connectivity index (χ3n) is 13.2. The normalized spacial score (nSPS) is 14.3. The number of nitrogens with zero attached hydrogens (tertiary/aromatic N) is 3. The first-order valence-corrected chi connectivity index (χ1v) is 21.2. The molecule has 0 radical (unpaired) electrons. The Bertz CT molecular complexity index is 3810. The minimum atomic E-state index is -0.438. The molecule has 12 rings (SSSR count). The minimum absolute atomic E-state index is 0. The molecule has 0 spiro atoms. The van der Waals surface area contributed by atoms with Crippen molar-refractivity contribution in [2.75, 3.05) is 0 Å². The Kier molecular flexibility index (Phi) is 9.90. The first-order chi connectivity index (χ1) is 31.1. The van der Waals surface area contributed by atoms with E-state index in [9.17, 15) is 23.2 Å². The van der Waals surface area contributed by atoms with Gasteiger partial charge in [-0.1, -0.05) is 99.3 Å². The van der Waals surface area contributed by atoms with Gasteiger partial charge in [0.05, 0.1) is 33.1 Å². The molecule has 2 atom stereocenters. The number of para-hydroxylation sites is 2. The van der Waals surface area contributed by atoms with Crippen LogP contribution in [0, 0.1) is 11.6 Å². The van der Waals surface area contributed by atoms with E-state index in [1.54, 1.807) is 35.4 Å². The summed E-state index contributed by atoms with van der Waals surface area (Å²) in [5.74, 6) is -0.557. The van der Waals surface area contributed by atoms with Crippen molar-refractivity contribution in [1.82, 2.24) is 13.7 Å². The van der Waals surface area contributed by atoms with Gasteiger partial charge in [-0.25, -0.2) is 8.78 Å². The average molecular weight is 856 g/mol. The Balaban J connectivity index is 0.000000156. The van der Waals surface area contributed by atoms with Gasteiger partial charge >= 0.3 is 0 Å². The highest BCUT2D eigenvalue weighted by atomic mass is 19.1. The van der Waals surface area contributed by atoms with Crippen LogP contribution in [0.5, 0.6) is 0 Å². The van der Waals surface area contributed by atoms with Crippen molar-refractivity contribution in [1.29, 1.82) is 0 Å². The second-order valence-electron chi connectivity index (χ2n) is 16.7. The van der Waals surface area contributed by atoms with Gasteiger partial charge in [-0.15, -0.1) is 0 Å². The highest BCUT2D eigenvalue weighted by Gasteiger charge is 2.32. The molecule has 6 nitrogen and oxygen atoms in total. The molecule has 0 N–H and O–H groups in total. The Morgan fingerprint density at radius 3 is 1.45 bits per heavy atom. The zero-order valence-electron chi connectivity index (χ0n) is 35.1. The predicted molar refractivity (Wildman–Crippen MR) is 262 cm³/mol. The standard InChI is InChI=1S/C34H25NO.C22H14F2N2O2.CH4/c1-22-25-16-8-9-17-26(25)33(23-12-4-2-5-13-23)29-20-30-32(21-28(22)29)35(24-14-6-3-7-15-24)31-19-11-10-18-27(31)34(30)36;1-25-17-7-11(23)3-5-13(17)21(27)15-10-20-16(9-19(15)25)22(28)14-6-4-12(24)8-18(14)26(20)2;/h2-22,33H,1H3;3-10H,1-2H3;1H4. The van der Waals surface area contributed by atoms with Crippen LogP contribution in [0.25, 0.3) is 71.1 Å². The van der Waals surface area contributed by atoms with Gasteiger partial charge in [0.1, 0.15) is 11.6 Å². The summed E-state index contributed by atoms with van der Waals surface area (Å²) < 4.78 is 33.1. The molecule has 65 heavy (non-hydrogen) atoms. The molecule has 0 bridgehead atoms. The van der Waals surface area contributed by atoms with E-state index in [4.69, 9.17) is 0 Å². The number of hydrogen-bond donors (Lipinski definition) is 0. The van der Waals surface area contributed by atoms with Gasteiger partial charge < -0.3 is 13.7 Å². The van der Waals surface area contributed by atoms with Crippen molar-refractivity contribution in [2.24, 2.45) is 14.1 Å². The Morgan fingerprint density at radius 2 is 0.862 bits per heavy atom. The van der Waals surface area contributed by atoms with Gasteiger partial charge in [0, 0.05) is 63.9 Å². The third-order valence-corrected chi connectivity index (χ3v) is 13.2. The second kappa shape index (κ2) is 15.7. The summed E-state index contributed by atoms with van der Waals surface area (Å²) in [5.41, 5.74) is 11.0. The molecule has 1 aliphatic carbocycles. The Morgan fingerprint density at radius 1 is 0.400 bits per heavy atom. The SMILES string of the molecule is C.CC1c2ccccc2C(c2ccccc2)c2cc3c(=O)c4ccccc4n(-c4ccccc4)c3cc21.Cn1c2cc(F)ccc2c(=O)c2cc3c(cc21)c(=O)c1ccc(F)cc1n3C. The maximum atomic E-state index is 13.9. The smallest absolute Gasteiger partial charge is 0.197 e.